The molecule has 0 spiro atoms. The molecule has 0 N–H and O–H groups in total. The van der Waals surface area contributed by atoms with Gasteiger partial charge in [0, 0.05) is 5.39 Å². The monoisotopic (exact) mass is 187 g/mol. The number of fused-ring (bicyclic) bond motifs is 1. The molecule has 0 aliphatic carbocycles. The first-order valence-corrected chi connectivity index (χ1v) is 4.21. The van der Waals surface area contributed by atoms with Crippen molar-refractivity contribution in [3.05, 3.63) is 41.0 Å². The fraction of sp³-hybridized carbons (Fsp3) is 0. The van der Waals surface area contributed by atoms with Crippen LogP contribution in [-0.2, 0) is 0 Å². The predicted octanol–water partition coefficient (Wildman–Crippen LogP) is 2.87. The molecule has 0 aliphatic rings. The minimum absolute atomic E-state index is 0.390. The summed E-state index contributed by atoms with van der Waals surface area (Å²) in [5, 5.41) is 1.40. The molecule has 0 bridgehead atoms. The number of terminal acetylenes is 1. The second-order valence-electron chi connectivity index (χ2n) is 2.66. The van der Waals surface area contributed by atoms with Gasteiger partial charge in [0.05, 0.1) is 11.1 Å². The van der Waals surface area contributed by atoms with E-state index >= 15 is 0 Å². The van der Waals surface area contributed by atoms with E-state index in [1.165, 1.54) is 0 Å². The normalized spacial score (nSPS) is 9.85. The second-order valence-corrected chi connectivity index (χ2v) is 3.02. The molecule has 0 radical (unpaired) electrons. The molecule has 1 aromatic heterocycles. The maximum atomic E-state index is 5.85. The molecule has 0 aliphatic heterocycles. The minimum Gasteiger partial charge on any atom is -0.235 e. The molecule has 2 rings (SSSR count). The van der Waals surface area contributed by atoms with Crippen molar-refractivity contribution in [2.24, 2.45) is 0 Å². The molecule has 0 saturated heterocycles. The molecule has 0 amide bonds. The summed E-state index contributed by atoms with van der Waals surface area (Å²) in [6, 6.07) is 9.59. The fourth-order valence-corrected chi connectivity index (χ4v) is 1.39. The lowest BCUT2D eigenvalue weighted by molar-refractivity contribution is 1.39. The number of rotatable bonds is 0. The summed E-state index contributed by atoms with van der Waals surface area (Å²) in [7, 11) is 0. The van der Waals surface area contributed by atoms with Crippen molar-refractivity contribution in [3.63, 3.8) is 0 Å². The van der Waals surface area contributed by atoms with E-state index in [0.717, 1.165) is 10.9 Å². The summed E-state index contributed by atoms with van der Waals surface area (Å²) >= 11 is 5.85. The largest absolute Gasteiger partial charge is 0.235 e. The fourth-order valence-electron chi connectivity index (χ4n) is 1.19. The number of halogens is 1. The maximum absolute atomic E-state index is 5.85. The summed E-state index contributed by atoms with van der Waals surface area (Å²) in [5.74, 6) is 2.49. The summed E-state index contributed by atoms with van der Waals surface area (Å²) in [6.45, 7) is 0. The highest BCUT2D eigenvalue weighted by atomic mass is 35.5. The van der Waals surface area contributed by atoms with Crippen LogP contribution in [0.4, 0.5) is 0 Å². The lowest BCUT2D eigenvalue weighted by Crippen LogP contribution is -1.84. The second kappa shape index (κ2) is 3.08. The first-order chi connectivity index (χ1) is 6.31. The van der Waals surface area contributed by atoms with E-state index in [-0.39, 0.29) is 0 Å². The smallest absolute Gasteiger partial charge is 0.145 e. The van der Waals surface area contributed by atoms with Crippen LogP contribution in [0.25, 0.3) is 10.9 Å². The van der Waals surface area contributed by atoms with Gasteiger partial charge >= 0.3 is 0 Å². The van der Waals surface area contributed by atoms with Crippen LogP contribution in [0.1, 0.15) is 5.56 Å². The Kier molecular flexibility index (Phi) is 1.92. The molecule has 0 unspecified atom stereocenters. The Balaban J connectivity index is 2.83. The van der Waals surface area contributed by atoms with Crippen LogP contribution in [0.5, 0.6) is 0 Å². The quantitative estimate of drug-likeness (QED) is 0.457. The zero-order chi connectivity index (χ0) is 9.26. The number of hydrogen-bond donors (Lipinski definition) is 0. The van der Waals surface area contributed by atoms with Gasteiger partial charge in [-0.05, 0) is 12.1 Å². The van der Waals surface area contributed by atoms with Crippen LogP contribution in [0, 0.1) is 12.3 Å². The average molecular weight is 188 g/mol. The molecule has 1 aromatic carbocycles. The zero-order valence-corrected chi connectivity index (χ0v) is 7.55. The van der Waals surface area contributed by atoms with Gasteiger partial charge in [-0.1, -0.05) is 35.7 Å². The number of nitrogens with zero attached hydrogens (tertiary/aromatic N) is 1. The third-order valence-electron chi connectivity index (χ3n) is 1.83. The Morgan fingerprint density at radius 3 is 2.85 bits per heavy atom. The average Bonchev–Trinajstić information content (AvgIpc) is 2.17. The van der Waals surface area contributed by atoms with Gasteiger partial charge in [0.2, 0.25) is 0 Å². The highest BCUT2D eigenvalue weighted by molar-refractivity contribution is 6.31. The van der Waals surface area contributed by atoms with Crippen LogP contribution in [0.15, 0.2) is 30.3 Å². The van der Waals surface area contributed by atoms with Crippen molar-refractivity contribution in [2.45, 2.75) is 0 Å². The Morgan fingerprint density at radius 2 is 2.08 bits per heavy atom. The van der Waals surface area contributed by atoms with Gasteiger partial charge in [-0.15, -0.1) is 6.42 Å². The lowest BCUT2D eigenvalue weighted by Gasteiger charge is -1.99. The molecule has 0 fully saturated rings. The highest BCUT2D eigenvalue weighted by Crippen LogP contribution is 2.19. The van der Waals surface area contributed by atoms with Crippen molar-refractivity contribution >= 4 is 22.5 Å². The molecule has 2 aromatic rings. The Labute approximate surface area is 81.4 Å². The molecule has 0 atom stereocenters. The summed E-state index contributed by atoms with van der Waals surface area (Å²) in [6.07, 6.45) is 5.27. The lowest BCUT2D eigenvalue weighted by atomic mass is 10.2. The van der Waals surface area contributed by atoms with Gasteiger partial charge in [0.15, 0.2) is 0 Å². The van der Waals surface area contributed by atoms with Crippen molar-refractivity contribution in [1.82, 2.24) is 4.98 Å². The number of hydrogen-bond acceptors (Lipinski definition) is 1. The SMILES string of the molecule is C#Cc1cc2ccccc2nc1Cl. The van der Waals surface area contributed by atoms with Crippen molar-refractivity contribution in [3.8, 4) is 12.3 Å². The van der Waals surface area contributed by atoms with Crippen LogP contribution >= 0.6 is 11.6 Å². The molecule has 0 saturated carbocycles. The first-order valence-electron chi connectivity index (χ1n) is 3.83. The van der Waals surface area contributed by atoms with E-state index in [2.05, 4.69) is 10.9 Å². The predicted molar refractivity (Wildman–Crippen MR) is 54.7 cm³/mol. The number of para-hydroxylation sites is 1. The van der Waals surface area contributed by atoms with Gasteiger partial charge in [0.25, 0.3) is 0 Å². The third-order valence-corrected chi connectivity index (χ3v) is 2.12. The summed E-state index contributed by atoms with van der Waals surface area (Å²) < 4.78 is 0. The van der Waals surface area contributed by atoms with Crippen LogP contribution in [-0.4, -0.2) is 4.98 Å². The highest BCUT2D eigenvalue weighted by Gasteiger charge is 2.00. The molecule has 1 heterocycles. The summed E-state index contributed by atoms with van der Waals surface area (Å²) in [5.41, 5.74) is 1.51. The van der Waals surface area contributed by atoms with E-state index in [9.17, 15) is 0 Å². The zero-order valence-electron chi connectivity index (χ0n) is 6.79. The topological polar surface area (TPSA) is 12.9 Å². The van der Waals surface area contributed by atoms with Crippen molar-refractivity contribution < 1.29 is 0 Å². The Morgan fingerprint density at radius 1 is 1.31 bits per heavy atom. The molecule has 2 heteroatoms. The van der Waals surface area contributed by atoms with E-state index < -0.39 is 0 Å². The number of benzene rings is 1. The van der Waals surface area contributed by atoms with Gasteiger partial charge in [-0.3, -0.25) is 0 Å². The van der Waals surface area contributed by atoms with E-state index in [0.29, 0.717) is 10.7 Å². The van der Waals surface area contributed by atoms with Crippen LogP contribution in [0.3, 0.4) is 0 Å². The van der Waals surface area contributed by atoms with E-state index in [1.54, 1.807) is 0 Å². The Hall–Kier alpha value is -1.52. The summed E-state index contributed by atoms with van der Waals surface area (Å²) in [4.78, 5) is 4.17. The van der Waals surface area contributed by atoms with Crippen LogP contribution < -0.4 is 0 Å². The molecular weight excluding hydrogens is 182 g/mol. The van der Waals surface area contributed by atoms with Gasteiger partial charge in [-0.25, -0.2) is 4.98 Å². The van der Waals surface area contributed by atoms with Gasteiger partial charge < -0.3 is 0 Å². The Bertz CT molecular complexity index is 497. The third kappa shape index (κ3) is 1.37. The first kappa shape index (κ1) is 8.10. The van der Waals surface area contributed by atoms with Gasteiger partial charge in [-0.2, -0.15) is 0 Å². The van der Waals surface area contributed by atoms with Crippen LogP contribution in [0.2, 0.25) is 5.15 Å². The van der Waals surface area contributed by atoms with Gasteiger partial charge in [0.1, 0.15) is 5.15 Å². The molecular formula is C11H6ClN. The number of aromatic nitrogens is 1. The van der Waals surface area contributed by atoms with E-state index in [1.807, 2.05) is 30.3 Å². The van der Waals surface area contributed by atoms with Crippen molar-refractivity contribution in [2.75, 3.05) is 0 Å². The molecule has 62 valence electrons. The maximum Gasteiger partial charge on any atom is 0.145 e. The van der Waals surface area contributed by atoms with E-state index in [4.69, 9.17) is 18.0 Å². The van der Waals surface area contributed by atoms with Crippen molar-refractivity contribution in [1.29, 1.82) is 0 Å². The minimum atomic E-state index is 0.390. The molecule has 13 heavy (non-hydrogen) atoms. The number of pyridine rings is 1. The molecule has 1 nitrogen and oxygen atoms in total. The standard InChI is InChI=1S/C11H6ClN/c1-2-8-7-9-5-3-4-6-10(9)13-11(8)12/h1,3-7H.